The summed E-state index contributed by atoms with van der Waals surface area (Å²) >= 11 is 0. The van der Waals surface area contributed by atoms with Gasteiger partial charge in [0.25, 0.3) is 5.91 Å². The van der Waals surface area contributed by atoms with Crippen LogP contribution in [0.5, 0.6) is 0 Å². The molecule has 148 valence electrons. The number of para-hydroxylation sites is 2. The first-order valence-electron chi connectivity index (χ1n) is 9.20. The summed E-state index contributed by atoms with van der Waals surface area (Å²) in [7, 11) is 0. The van der Waals surface area contributed by atoms with E-state index in [1.165, 1.54) is 11.0 Å². The predicted octanol–water partition coefficient (Wildman–Crippen LogP) is 3.58. The summed E-state index contributed by atoms with van der Waals surface area (Å²) in [5.41, 5.74) is 1.76. The Bertz CT molecular complexity index is 1200. The molecule has 0 spiro atoms. The molecule has 0 bridgehead atoms. The maximum Gasteiger partial charge on any atom is 0.323 e. The summed E-state index contributed by atoms with van der Waals surface area (Å²) in [6.07, 6.45) is 3.20. The zero-order valence-corrected chi connectivity index (χ0v) is 16.0. The third-order valence-corrected chi connectivity index (χ3v) is 4.54. The SMILES string of the molecule is N#CCCN(C(=O)/C(C#N)=C/c1cn(CC(=O)O)c2ccccc12)c1ccccc1. The topological polar surface area (TPSA) is 110 Å². The van der Waals surface area contributed by atoms with Crippen molar-refractivity contribution < 1.29 is 14.7 Å². The molecule has 0 aliphatic heterocycles. The number of aromatic nitrogens is 1. The van der Waals surface area contributed by atoms with Crippen LogP contribution < -0.4 is 4.90 Å². The summed E-state index contributed by atoms with van der Waals surface area (Å²) in [6.45, 7) is -0.0817. The summed E-state index contributed by atoms with van der Waals surface area (Å²) < 4.78 is 1.56. The Labute approximate surface area is 173 Å². The van der Waals surface area contributed by atoms with Crippen LogP contribution in [-0.4, -0.2) is 28.1 Å². The predicted molar refractivity (Wildman–Crippen MR) is 112 cm³/mol. The van der Waals surface area contributed by atoms with E-state index in [2.05, 4.69) is 0 Å². The highest BCUT2D eigenvalue weighted by atomic mass is 16.4. The largest absolute Gasteiger partial charge is 0.480 e. The van der Waals surface area contributed by atoms with Crippen LogP contribution >= 0.6 is 0 Å². The van der Waals surface area contributed by atoms with Gasteiger partial charge in [-0.05, 0) is 24.3 Å². The number of anilines is 1. The Balaban J connectivity index is 2.04. The average molecular weight is 398 g/mol. The van der Waals surface area contributed by atoms with Gasteiger partial charge in [0.2, 0.25) is 0 Å². The van der Waals surface area contributed by atoms with Crippen molar-refractivity contribution in [3.05, 3.63) is 71.9 Å². The fraction of sp³-hybridized carbons (Fsp3) is 0.130. The number of carbonyl (C=O) groups is 2. The first-order chi connectivity index (χ1) is 14.5. The molecule has 1 aromatic heterocycles. The van der Waals surface area contributed by atoms with Crippen LogP contribution in [0.3, 0.4) is 0 Å². The van der Waals surface area contributed by atoms with Crippen LogP contribution in [0.1, 0.15) is 12.0 Å². The number of rotatable bonds is 7. The van der Waals surface area contributed by atoms with E-state index in [1.807, 2.05) is 30.3 Å². The molecule has 0 atom stereocenters. The summed E-state index contributed by atoms with van der Waals surface area (Å²) in [4.78, 5) is 25.7. The third kappa shape index (κ3) is 4.37. The minimum atomic E-state index is -0.991. The highest BCUT2D eigenvalue weighted by molar-refractivity contribution is 6.12. The molecule has 30 heavy (non-hydrogen) atoms. The fourth-order valence-corrected chi connectivity index (χ4v) is 3.23. The number of aliphatic carboxylic acids is 1. The summed E-state index contributed by atoms with van der Waals surface area (Å²) in [5, 5.41) is 28.5. The van der Waals surface area contributed by atoms with Crippen molar-refractivity contribution in [2.45, 2.75) is 13.0 Å². The molecule has 2 aromatic carbocycles. The number of fused-ring (bicyclic) bond motifs is 1. The Morgan fingerprint density at radius 1 is 1.07 bits per heavy atom. The molecule has 0 radical (unpaired) electrons. The number of amides is 1. The number of benzene rings is 2. The first-order valence-corrected chi connectivity index (χ1v) is 9.20. The molecule has 0 saturated carbocycles. The van der Waals surface area contributed by atoms with Crippen molar-refractivity contribution in [2.75, 3.05) is 11.4 Å². The van der Waals surface area contributed by atoms with Crippen LogP contribution in [0.4, 0.5) is 5.69 Å². The standard InChI is InChI=1S/C23H18N4O3/c24-11-6-12-27(19-7-2-1-3-8-19)23(30)17(14-25)13-18-15-26(16-22(28)29)21-10-5-4-9-20(18)21/h1-5,7-10,13,15H,6,12,16H2,(H,28,29)/b17-13+. The Morgan fingerprint density at radius 3 is 2.43 bits per heavy atom. The van der Waals surface area contributed by atoms with E-state index in [0.29, 0.717) is 16.8 Å². The van der Waals surface area contributed by atoms with E-state index >= 15 is 0 Å². The maximum atomic E-state index is 13.1. The van der Waals surface area contributed by atoms with Crippen molar-refractivity contribution in [3.63, 3.8) is 0 Å². The molecule has 1 N–H and O–H groups in total. The molecule has 3 aromatic rings. The minimum Gasteiger partial charge on any atom is -0.480 e. The zero-order chi connectivity index (χ0) is 21.5. The van der Waals surface area contributed by atoms with E-state index in [0.717, 1.165) is 5.39 Å². The highest BCUT2D eigenvalue weighted by Crippen LogP contribution is 2.25. The van der Waals surface area contributed by atoms with Crippen LogP contribution in [0.15, 0.2) is 66.4 Å². The second kappa shape index (κ2) is 9.22. The lowest BCUT2D eigenvalue weighted by Crippen LogP contribution is -2.32. The molecule has 3 rings (SSSR count). The molecule has 0 aliphatic carbocycles. The summed E-state index contributed by atoms with van der Waals surface area (Å²) in [5.74, 6) is -1.51. The molecule has 0 unspecified atom stereocenters. The van der Waals surface area contributed by atoms with E-state index in [1.54, 1.807) is 47.2 Å². The lowest BCUT2D eigenvalue weighted by atomic mass is 10.1. The average Bonchev–Trinajstić information content (AvgIpc) is 3.09. The smallest absolute Gasteiger partial charge is 0.323 e. The van der Waals surface area contributed by atoms with E-state index in [9.17, 15) is 14.9 Å². The third-order valence-electron chi connectivity index (χ3n) is 4.54. The molecular formula is C23H18N4O3. The Morgan fingerprint density at radius 2 is 1.77 bits per heavy atom. The molecule has 1 amide bonds. The van der Waals surface area contributed by atoms with Crippen LogP contribution in [-0.2, 0) is 16.1 Å². The number of nitriles is 2. The Kier molecular flexibility index (Phi) is 6.26. The fourth-order valence-electron chi connectivity index (χ4n) is 3.23. The lowest BCUT2D eigenvalue weighted by Gasteiger charge is -2.21. The van der Waals surface area contributed by atoms with E-state index < -0.39 is 11.9 Å². The molecule has 0 aliphatic rings. The van der Waals surface area contributed by atoms with Gasteiger partial charge in [-0.1, -0.05) is 36.4 Å². The van der Waals surface area contributed by atoms with Gasteiger partial charge in [0.15, 0.2) is 0 Å². The molecule has 7 nitrogen and oxygen atoms in total. The Hall–Kier alpha value is -4.36. The zero-order valence-electron chi connectivity index (χ0n) is 16.0. The van der Waals surface area contributed by atoms with E-state index in [-0.39, 0.29) is 25.1 Å². The molecule has 0 saturated heterocycles. The van der Waals surface area contributed by atoms with Gasteiger partial charge in [-0.2, -0.15) is 10.5 Å². The molecule has 7 heteroatoms. The number of hydrogen-bond acceptors (Lipinski definition) is 4. The second-order valence-electron chi connectivity index (χ2n) is 6.49. The van der Waals surface area contributed by atoms with Gasteiger partial charge in [-0.15, -0.1) is 0 Å². The van der Waals surface area contributed by atoms with Gasteiger partial charge in [0, 0.05) is 34.9 Å². The van der Waals surface area contributed by atoms with Crippen LogP contribution in [0.2, 0.25) is 0 Å². The van der Waals surface area contributed by atoms with Gasteiger partial charge in [-0.3, -0.25) is 9.59 Å². The van der Waals surface area contributed by atoms with Crippen molar-refractivity contribution in [2.24, 2.45) is 0 Å². The second-order valence-corrected chi connectivity index (χ2v) is 6.49. The van der Waals surface area contributed by atoms with Gasteiger partial charge >= 0.3 is 5.97 Å². The summed E-state index contributed by atoms with van der Waals surface area (Å²) in [6, 6.07) is 20.0. The monoisotopic (exact) mass is 398 g/mol. The number of nitrogens with zero attached hydrogens (tertiary/aromatic N) is 4. The number of hydrogen-bond donors (Lipinski definition) is 1. The van der Waals surface area contributed by atoms with Gasteiger partial charge in [0.05, 0.1) is 12.5 Å². The minimum absolute atomic E-state index is 0.102. The van der Waals surface area contributed by atoms with Gasteiger partial charge < -0.3 is 14.6 Å². The van der Waals surface area contributed by atoms with E-state index in [4.69, 9.17) is 10.4 Å². The van der Waals surface area contributed by atoms with Crippen molar-refractivity contribution in [1.29, 1.82) is 10.5 Å². The highest BCUT2D eigenvalue weighted by Gasteiger charge is 2.21. The van der Waals surface area contributed by atoms with Crippen LogP contribution in [0, 0.1) is 22.7 Å². The lowest BCUT2D eigenvalue weighted by molar-refractivity contribution is -0.137. The first kappa shape index (κ1) is 20.4. The molecular weight excluding hydrogens is 380 g/mol. The number of carbonyl (C=O) groups excluding carboxylic acids is 1. The number of carboxylic acids is 1. The maximum absolute atomic E-state index is 13.1. The van der Waals surface area contributed by atoms with Crippen molar-refractivity contribution in [1.82, 2.24) is 4.57 Å². The van der Waals surface area contributed by atoms with Crippen molar-refractivity contribution >= 4 is 34.5 Å². The number of carboxylic acid groups (broad SMARTS) is 1. The molecule has 0 fully saturated rings. The van der Waals surface area contributed by atoms with Gasteiger partial charge in [0.1, 0.15) is 18.2 Å². The normalized spacial score (nSPS) is 10.9. The quantitative estimate of drug-likeness (QED) is 0.483. The molecule has 1 heterocycles. The van der Waals surface area contributed by atoms with Crippen molar-refractivity contribution in [3.8, 4) is 12.1 Å². The van der Waals surface area contributed by atoms with Gasteiger partial charge in [-0.25, -0.2) is 0 Å². The van der Waals surface area contributed by atoms with Crippen LogP contribution in [0.25, 0.3) is 17.0 Å².